The highest BCUT2D eigenvalue weighted by molar-refractivity contribution is 5.70. The number of nitrogens with zero attached hydrogens (tertiary/aromatic N) is 1. The van der Waals surface area contributed by atoms with Crippen LogP contribution in [0.4, 0.5) is 5.69 Å². The van der Waals surface area contributed by atoms with Crippen molar-refractivity contribution in [2.75, 3.05) is 0 Å². The van der Waals surface area contributed by atoms with Gasteiger partial charge in [0.1, 0.15) is 11.4 Å². The van der Waals surface area contributed by atoms with Gasteiger partial charge in [0.05, 0.1) is 0 Å². The number of para-hydroxylation sites is 1. The largest absolute Gasteiger partial charge is 0.506 e. The lowest BCUT2D eigenvalue weighted by atomic mass is 9.90. The van der Waals surface area contributed by atoms with Crippen LogP contribution in [0.25, 0.3) is 0 Å². The van der Waals surface area contributed by atoms with E-state index in [2.05, 4.69) is 4.99 Å². The standard InChI is InChI=1S/C14H19NO/c1-11-6-5-9-13(16)14(11)15-10-12-7-3-2-4-8-12/h5-6,9-10,12,16H,2-4,7-8H2,1H3. The van der Waals surface area contributed by atoms with E-state index in [1.807, 2.05) is 25.3 Å². The molecule has 0 bridgehead atoms. The third kappa shape index (κ3) is 2.63. The molecule has 0 unspecified atom stereocenters. The molecule has 0 aliphatic heterocycles. The van der Waals surface area contributed by atoms with Gasteiger partial charge in [-0.3, -0.25) is 4.99 Å². The first-order chi connectivity index (χ1) is 7.77. The molecule has 0 spiro atoms. The van der Waals surface area contributed by atoms with E-state index < -0.39 is 0 Å². The molecule has 1 fully saturated rings. The van der Waals surface area contributed by atoms with E-state index in [-0.39, 0.29) is 5.75 Å². The summed E-state index contributed by atoms with van der Waals surface area (Å²) in [5.74, 6) is 0.889. The monoisotopic (exact) mass is 217 g/mol. The zero-order valence-electron chi connectivity index (χ0n) is 9.82. The lowest BCUT2D eigenvalue weighted by Crippen LogP contribution is -2.06. The summed E-state index contributed by atoms with van der Waals surface area (Å²) in [4.78, 5) is 4.45. The van der Waals surface area contributed by atoms with Gasteiger partial charge in [0.15, 0.2) is 0 Å². The maximum Gasteiger partial charge on any atom is 0.141 e. The lowest BCUT2D eigenvalue weighted by Gasteiger charge is -2.17. The second kappa shape index (κ2) is 5.15. The summed E-state index contributed by atoms with van der Waals surface area (Å²) in [5, 5.41) is 9.71. The molecule has 0 aromatic heterocycles. The minimum absolute atomic E-state index is 0.284. The SMILES string of the molecule is Cc1cccc(O)c1N=CC1CCCCC1. The van der Waals surface area contributed by atoms with E-state index in [1.54, 1.807) is 6.07 Å². The van der Waals surface area contributed by atoms with Gasteiger partial charge in [-0.05, 0) is 37.3 Å². The first-order valence-corrected chi connectivity index (χ1v) is 6.10. The molecular weight excluding hydrogens is 198 g/mol. The molecule has 1 N–H and O–H groups in total. The summed E-state index contributed by atoms with van der Waals surface area (Å²) in [6.07, 6.45) is 8.51. The van der Waals surface area contributed by atoms with Crippen LogP contribution in [0.2, 0.25) is 0 Å². The molecule has 1 aromatic rings. The molecule has 86 valence electrons. The Labute approximate surface area is 97.0 Å². The Hall–Kier alpha value is -1.31. The Balaban J connectivity index is 2.10. The number of benzene rings is 1. The van der Waals surface area contributed by atoms with Gasteiger partial charge < -0.3 is 5.11 Å². The number of aryl methyl sites for hydroxylation is 1. The van der Waals surface area contributed by atoms with Crippen molar-refractivity contribution < 1.29 is 5.11 Å². The van der Waals surface area contributed by atoms with Crippen molar-refractivity contribution >= 4 is 11.9 Å². The minimum Gasteiger partial charge on any atom is -0.506 e. The van der Waals surface area contributed by atoms with Crippen LogP contribution in [0.5, 0.6) is 5.75 Å². The van der Waals surface area contributed by atoms with Crippen molar-refractivity contribution in [2.24, 2.45) is 10.9 Å². The molecule has 1 aliphatic rings. The van der Waals surface area contributed by atoms with Gasteiger partial charge in [-0.2, -0.15) is 0 Å². The van der Waals surface area contributed by atoms with E-state index in [4.69, 9.17) is 0 Å². The molecule has 0 amide bonds. The van der Waals surface area contributed by atoms with Crippen molar-refractivity contribution in [3.8, 4) is 5.75 Å². The fourth-order valence-corrected chi connectivity index (χ4v) is 2.27. The van der Waals surface area contributed by atoms with Gasteiger partial charge in [-0.1, -0.05) is 31.4 Å². The van der Waals surface area contributed by atoms with E-state index in [0.29, 0.717) is 5.92 Å². The Morgan fingerprint density at radius 1 is 1.25 bits per heavy atom. The zero-order valence-corrected chi connectivity index (χ0v) is 9.82. The molecule has 2 heteroatoms. The molecule has 0 atom stereocenters. The Morgan fingerprint density at radius 2 is 2.00 bits per heavy atom. The van der Waals surface area contributed by atoms with Crippen LogP contribution in [-0.2, 0) is 0 Å². The maximum absolute atomic E-state index is 9.71. The van der Waals surface area contributed by atoms with Gasteiger partial charge in [0.2, 0.25) is 0 Å². The summed E-state index contributed by atoms with van der Waals surface area (Å²) in [6.45, 7) is 1.98. The maximum atomic E-state index is 9.71. The van der Waals surface area contributed by atoms with Crippen LogP contribution in [0.3, 0.4) is 0 Å². The summed E-state index contributed by atoms with van der Waals surface area (Å²) < 4.78 is 0. The van der Waals surface area contributed by atoms with Crippen molar-refractivity contribution in [1.82, 2.24) is 0 Å². The molecule has 1 aliphatic carbocycles. The number of aliphatic imine (C=N–C) groups is 1. The number of phenols is 1. The van der Waals surface area contributed by atoms with Gasteiger partial charge in [0.25, 0.3) is 0 Å². The van der Waals surface area contributed by atoms with Crippen LogP contribution in [-0.4, -0.2) is 11.3 Å². The smallest absolute Gasteiger partial charge is 0.141 e. The molecule has 2 rings (SSSR count). The van der Waals surface area contributed by atoms with Gasteiger partial charge in [-0.15, -0.1) is 0 Å². The number of hydrogen-bond donors (Lipinski definition) is 1. The molecule has 0 saturated heterocycles. The second-order valence-corrected chi connectivity index (χ2v) is 4.62. The number of rotatable bonds is 2. The van der Waals surface area contributed by atoms with Gasteiger partial charge in [-0.25, -0.2) is 0 Å². The highest BCUT2D eigenvalue weighted by Crippen LogP contribution is 2.30. The normalized spacial score (nSPS) is 18.1. The van der Waals surface area contributed by atoms with Gasteiger partial charge in [0, 0.05) is 6.21 Å². The predicted octanol–water partition coefficient (Wildman–Crippen LogP) is 3.98. The number of aromatic hydroxyl groups is 1. The molecule has 1 aromatic carbocycles. The summed E-state index contributed by atoms with van der Waals surface area (Å²) >= 11 is 0. The number of phenolic OH excluding ortho intramolecular Hbond substituents is 1. The van der Waals surface area contributed by atoms with Crippen molar-refractivity contribution in [3.63, 3.8) is 0 Å². The highest BCUT2D eigenvalue weighted by Gasteiger charge is 2.11. The van der Waals surface area contributed by atoms with E-state index in [1.165, 1.54) is 32.1 Å². The fraction of sp³-hybridized carbons (Fsp3) is 0.500. The fourth-order valence-electron chi connectivity index (χ4n) is 2.27. The quantitative estimate of drug-likeness (QED) is 0.746. The molecular formula is C14H19NO. The first-order valence-electron chi connectivity index (χ1n) is 6.10. The van der Waals surface area contributed by atoms with Crippen LogP contribution < -0.4 is 0 Å². The van der Waals surface area contributed by atoms with Crippen molar-refractivity contribution in [3.05, 3.63) is 23.8 Å². The molecule has 0 radical (unpaired) electrons. The third-order valence-electron chi connectivity index (χ3n) is 3.28. The highest BCUT2D eigenvalue weighted by atomic mass is 16.3. The van der Waals surface area contributed by atoms with Gasteiger partial charge >= 0.3 is 0 Å². The molecule has 0 heterocycles. The number of hydrogen-bond acceptors (Lipinski definition) is 2. The molecule has 2 nitrogen and oxygen atoms in total. The topological polar surface area (TPSA) is 32.6 Å². The average molecular weight is 217 g/mol. The summed E-state index contributed by atoms with van der Waals surface area (Å²) in [5.41, 5.74) is 1.76. The zero-order chi connectivity index (χ0) is 11.4. The Kier molecular flexibility index (Phi) is 3.60. The lowest BCUT2D eigenvalue weighted by molar-refractivity contribution is 0.445. The third-order valence-corrected chi connectivity index (χ3v) is 3.28. The van der Waals surface area contributed by atoms with Crippen molar-refractivity contribution in [2.45, 2.75) is 39.0 Å². The summed E-state index contributed by atoms with van der Waals surface area (Å²) in [7, 11) is 0. The predicted molar refractivity (Wildman–Crippen MR) is 67.6 cm³/mol. The summed E-state index contributed by atoms with van der Waals surface area (Å²) in [6, 6.07) is 5.53. The van der Waals surface area contributed by atoms with Crippen LogP contribution >= 0.6 is 0 Å². The minimum atomic E-state index is 0.284. The van der Waals surface area contributed by atoms with Crippen LogP contribution in [0.15, 0.2) is 23.2 Å². The average Bonchev–Trinajstić information content (AvgIpc) is 2.30. The van der Waals surface area contributed by atoms with Crippen LogP contribution in [0.1, 0.15) is 37.7 Å². The first kappa shape index (κ1) is 11.2. The van der Waals surface area contributed by atoms with Crippen LogP contribution in [0, 0.1) is 12.8 Å². The Morgan fingerprint density at radius 3 is 2.69 bits per heavy atom. The second-order valence-electron chi connectivity index (χ2n) is 4.62. The molecule has 16 heavy (non-hydrogen) atoms. The Bertz CT molecular complexity index is 358. The van der Waals surface area contributed by atoms with Crippen molar-refractivity contribution in [1.29, 1.82) is 0 Å². The molecule has 1 saturated carbocycles. The van der Waals surface area contributed by atoms with E-state index >= 15 is 0 Å². The van der Waals surface area contributed by atoms with E-state index in [9.17, 15) is 5.11 Å². The van der Waals surface area contributed by atoms with E-state index in [0.717, 1.165) is 11.3 Å².